The second-order valence-electron chi connectivity index (χ2n) is 6.88. The number of fused-ring (bicyclic) bond motifs is 1. The van der Waals surface area contributed by atoms with Gasteiger partial charge in [-0.25, -0.2) is 14.6 Å². The molecular weight excluding hydrogens is 434 g/mol. The number of esters is 1. The monoisotopic (exact) mass is 455 g/mol. The van der Waals surface area contributed by atoms with Gasteiger partial charge in [0, 0.05) is 18.6 Å². The normalized spacial score (nSPS) is 11.0. The summed E-state index contributed by atoms with van der Waals surface area (Å²) in [4.78, 5) is 40.5. The SMILES string of the molecule is CCOC(=O)c1nc(NC(=O)Cn2nc(-c3cc4cccc(OCC)c4o3)oc2=O)cn1C. The summed E-state index contributed by atoms with van der Waals surface area (Å²) in [5.74, 6) is -1.18. The van der Waals surface area contributed by atoms with Crippen LogP contribution in [0.25, 0.3) is 22.6 Å². The van der Waals surface area contributed by atoms with Gasteiger partial charge in [-0.1, -0.05) is 12.1 Å². The zero-order valence-electron chi connectivity index (χ0n) is 18.2. The maximum atomic E-state index is 12.4. The lowest BCUT2D eigenvalue weighted by Gasteiger charge is -2.01. The maximum Gasteiger partial charge on any atom is 0.437 e. The number of nitrogens with zero attached hydrogens (tertiary/aromatic N) is 4. The topological polar surface area (TPSA) is 144 Å². The van der Waals surface area contributed by atoms with Crippen LogP contribution in [0.4, 0.5) is 5.82 Å². The van der Waals surface area contributed by atoms with Crippen LogP contribution in [0.15, 0.2) is 44.1 Å². The molecule has 172 valence electrons. The van der Waals surface area contributed by atoms with Crippen molar-refractivity contribution in [2.24, 2.45) is 7.05 Å². The standard InChI is InChI=1S/C21H21N5O7/c1-4-30-13-8-6-7-12-9-14(32-17(12)13)19-24-26(21(29)33-19)11-16(27)22-15-10-25(3)18(23-15)20(28)31-5-2/h6-10H,4-5,11H2,1-3H3,(H,22,27). The minimum absolute atomic E-state index is 0.0318. The van der Waals surface area contributed by atoms with Gasteiger partial charge in [0.2, 0.25) is 11.7 Å². The fraction of sp³-hybridized carbons (Fsp3) is 0.286. The van der Waals surface area contributed by atoms with Gasteiger partial charge in [-0.15, -0.1) is 5.10 Å². The number of amides is 1. The van der Waals surface area contributed by atoms with Crippen LogP contribution < -0.4 is 15.8 Å². The molecule has 0 saturated carbocycles. The lowest BCUT2D eigenvalue weighted by Crippen LogP contribution is -2.26. The molecule has 3 heterocycles. The fourth-order valence-electron chi connectivity index (χ4n) is 3.15. The lowest BCUT2D eigenvalue weighted by molar-refractivity contribution is -0.117. The predicted octanol–water partition coefficient (Wildman–Crippen LogP) is 2.20. The molecule has 0 bridgehead atoms. The van der Waals surface area contributed by atoms with Crippen LogP contribution >= 0.6 is 0 Å². The molecule has 1 aromatic carbocycles. The molecule has 1 N–H and O–H groups in total. The van der Waals surface area contributed by atoms with Crippen LogP contribution in [0.3, 0.4) is 0 Å². The van der Waals surface area contributed by atoms with Crippen molar-refractivity contribution in [3.8, 4) is 17.4 Å². The third-order valence-electron chi connectivity index (χ3n) is 4.52. The summed E-state index contributed by atoms with van der Waals surface area (Å²) in [5, 5.41) is 7.31. The molecule has 4 rings (SSSR count). The van der Waals surface area contributed by atoms with E-state index in [2.05, 4.69) is 15.4 Å². The van der Waals surface area contributed by atoms with Crippen LogP contribution in [0.2, 0.25) is 0 Å². The first-order chi connectivity index (χ1) is 15.9. The Labute approximate surface area is 186 Å². The van der Waals surface area contributed by atoms with Gasteiger partial charge in [0.05, 0.1) is 13.2 Å². The number of anilines is 1. The highest BCUT2D eigenvalue weighted by Crippen LogP contribution is 2.32. The molecule has 0 aliphatic rings. The van der Waals surface area contributed by atoms with E-state index in [0.29, 0.717) is 17.9 Å². The molecule has 12 nitrogen and oxygen atoms in total. The number of aromatic nitrogens is 4. The van der Waals surface area contributed by atoms with Gasteiger partial charge in [0.15, 0.2) is 22.9 Å². The van der Waals surface area contributed by atoms with Crippen molar-refractivity contribution in [2.75, 3.05) is 18.5 Å². The van der Waals surface area contributed by atoms with Crippen molar-refractivity contribution < 1.29 is 27.9 Å². The average Bonchev–Trinajstić information content (AvgIpc) is 3.46. The molecule has 0 radical (unpaired) electrons. The van der Waals surface area contributed by atoms with E-state index in [4.69, 9.17) is 18.3 Å². The molecule has 0 saturated heterocycles. The molecule has 1 amide bonds. The van der Waals surface area contributed by atoms with Crippen molar-refractivity contribution in [2.45, 2.75) is 20.4 Å². The van der Waals surface area contributed by atoms with E-state index in [-0.39, 0.29) is 29.9 Å². The highest BCUT2D eigenvalue weighted by molar-refractivity contribution is 5.91. The average molecular weight is 455 g/mol. The zero-order chi connectivity index (χ0) is 23.5. The Hall–Kier alpha value is -4.35. The number of carbonyl (C=O) groups is 2. The number of furan rings is 1. The Morgan fingerprint density at radius 1 is 1.18 bits per heavy atom. The fourth-order valence-corrected chi connectivity index (χ4v) is 3.15. The smallest absolute Gasteiger partial charge is 0.437 e. The summed E-state index contributed by atoms with van der Waals surface area (Å²) < 4.78 is 23.7. The van der Waals surface area contributed by atoms with E-state index in [1.54, 1.807) is 26.1 Å². The summed E-state index contributed by atoms with van der Waals surface area (Å²) in [6.45, 7) is 3.76. The van der Waals surface area contributed by atoms with Crippen LogP contribution in [0, 0.1) is 0 Å². The first kappa shape index (κ1) is 21.9. The Kier molecular flexibility index (Phi) is 5.98. The van der Waals surface area contributed by atoms with E-state index < -0.39 is 24.2 Å². The Morgan fingerprint density at radius 2 is 2.00 bits per heavy atom. The highest BCUT2D eigenvalue weighted by Gasteiger charge is 2.20. The number of carbonyl (C=O) groups excluding carboxylic acids is 2. The van der Waals surface area contributed by atoms with E-state index in [1.807, 2.05) is 19.1 Å². The summed E-state index contributed by atoms with van der Waals surface area (Å²) >= 11 is 0. The number of imidazole rings is 1. The second-order valence-corrected chi connectivity index (χ2v) is 6.88. The molecule has 0 unspecified atom stereocenters. The Bertz CT molecular complexity index is 1380. The molecule has 12 heteroatoms. The number of nitrogens with one attached hydrogen (secondary N) is 1. The lowest BCUT2D eigenvalue weighted by atomic mass is 10.2. The molecule has 0 spiro atoms. The Balaban J connectivity index is 1.50. The third kappa shape index (κ3) is 4.49. The summed E-state index contributed by atoms with van der Waals surface area (Å²) in [7, 11) is 1.59. The van der Waals surface area contributed by atoms with Gasteiger partial charge in [-0.3, -0.25) is 4.79 Å². The minimum Gasteiger partial charge on any atom is -0.490 e. The number of hydrogen-bond donors (Lipinski definition) is 1. The number of rotatable bonds is 8. The molecule has 0 aliphatic heterocycles. The highest BCUT2D eigenvalue weighted by atomic mass is 16.5. The van der Waals surface area contributed by atoms with Gasteiger partial charge >= 0.3 is 11.7 Å². The van der Waals surface area contributed by atoms with E-state index in [0.717, 1.165) is 10.1 Å². The van der Waals surface area contributed by atoms with Crippen LogP contribution in [-0.4, -0.2) is 44.4 Å². The minimum atomic E-state index is -0.834. The summed E-state index contributed by atoms with van der Waals surface area (Å²) in [5.41, 5.74) is 0.497. The van der Waals surface area contributed by atoms with Gasteiger partial charge in [0.1, 0.15) is 6.54 Å². The first-order valence-corrected chi connectivity index (χ1v) is 10.1. The quantitative estimate of drug-likeness (QED) is 0.395. The van der Waals surface area contributed by atoms with Crippen LogP contribution in [0.5, 0.6) is 5.75 Å². The molecule has 0 aliphatic carbocycles. The van der Waals surface area contributed by atoms with Gasteiger partial charge in [-0.2, -0.15) is 4.68 Å². The number of ether oxygens (including phenoxy) is 2. The second kappa shape index (κ2) is 9.02. The van der Waals surface area contributed by atoms with Crippen molar-refractivity contribution >= 4 is 28.7 Å². The number of hydrogen-bond acceptors (Lipinski definition) is 9. The van der Waals surface area contributed by atoms with E-state index in [9.17, 15) is 14.4 Å². The van der Waals surface area contributed by atoms with Gasteiger partial charge in [0.25, 0.3) is 5.89 Å². The molecule has 4 aromatic rings. The Morgan fingerprint density at radius 3 is 2.76 bits per heavy atom. The molecule has 3 aromatic heterocycles. The number of benzene rings is 1. The van der Waals surface area contributed by atoms with Crippen molar-refractivity contribution in [1.29, 1.82) is 0 Å². The third-order valence-corrected chi connectivity index (χ3v) is 4.52. The predicted molar refractivity (Wildman–Crippen MR) is 115 cm³/mol. The van der Waals surface area contributed by atoms with Crippen LogP contribution in [0.1, 0.15) is 24.5 Å². The summed E-state index contributed by atoms with van der Waals surface area (Å²) in [6, 6.07) is 7.07. The van der Waals surface area contributed by atoms with Crippen LogP contribution in [-0.2, 0) is 23.1 Å². The first-order valence-electron chi connectivity index (χ1n) is 10.1. The van der Waals surface area contributed by atoms with Crippen molar-refractivity contribution in [3.63, 3.8) is 0 Å². The maximum absolute atomic E-state index is 12.4. The van der Waals surface area contributed by atoms with Crippen molar-refractivity contribution in [1.82, 2.24) is 19.3 Å². The van der Waals surface area contributed by atoms with E-state index >= 15 is 0 Å². The largest absolute Gasteiger partial charge is 0.490 e. The zero-order valence-corrected chi connectivity index (χ0v) is 18.2. The number of aryl methyl sites for hydroxylation is 1. The van der Waals surface area contributed by atoms with Crippen molar-refractivity contribution in [3.05, 3.63) is 46.8 Å². The molecule has 0 atom stereocenters. The number of para-hydroxylation sites is 1. The molecule has 0 fully saturated rings. The van der Waals surface area contributed by atoms with Gasteiger partial charge in [-0.05, 0) is 26.0 Å². The summed E-state index contributed by atoms with van der Waals surface area (Å²) in [6.07, 6.45) is 1.45. The van der Waals surface area contributed by atoms with E-state index in [1.165, 1.54) is 10.8 Å². The van der Waals surface area contributed by atoms with Gasteiger partial charge < -0.3 is 28.2 Å². The molecule has 33 heavy (non-hydrogen) atoms. The molecular formula is C21H21N5O7.